The Morgan fingerprint density at radius 3 is 2.85 bits per heavy atom. The molecule has 20 heavy (non-hydrogen) atoms. The molecule has 0 radical (unpaired) electrons. The molecule has 1 saturated heterocycles. The van der Waals surface area contributed by atoms with Crippen LogP contribution in [0, 0.1) is 20.8 Å². The first-order chi connectivity index (χ1) is 9.54. The number of amides is 1. The zero-order valence-corrected chi connectivity index (χ0v) is 12.8. The Bertz CT molecular complexity index is 645. The summed E-state index contributed by atoms with van der Waals surface area (Å²) in [6, 6.07) is 0. The Hall–Kier alpha value is -1.69. The van der Waals surface area contributed by atoms with Gasteiger partial charge in [0.2, 0.25) is 0 Å². The van der Waals surface area contributed by atoms with Gasteiger partial charge in [-0.15, -0.1) is 11.3 Å². The van der Waals surface area contributed by atoms with E-state index in [0.717, 1.165) is 46.6 Å². The van der Waals surface area contributed by atoms with Crippen LogP contribution in [0.25, 0.3) is 0 Å². The van der Waals surface area contributed by atoms with E-state index in [4.69, 9.17) is 0 Å². The van der Waals surface area contributed by atoms with Crippen molar-refractivity contribution in [3.63, 3.8) is 0 Å². The standard InChI is InChI=1S/C14H18N4OS/c1-8-6-15-13(16-8)11-4-5-18(7-11)14(19)12-9(2)17-10(3)20-12/h6,11H,4-5,7H2,1-3H3,(H,15,16). The van der Waals surface area contributed by atoms with Crippen LogP contribution in [0.15, 0.2) is 6.20 Å². The number of aromatic nitrogens is 3. The molecule has 3 rings (SSSR count). The molecule has 0 aromatic carbocycles. The van der Waals surface area contributed by atoms with Crippen molar-refractivity contribution in [3.8, 4) is 0 Å². The molecule has 1 atom stereocenters. The monoisotopic (exact) mass is 290 g/mol. The van der Waals surface area contributed by atoms with Gasteiger partial charge < -0.3 is 9.88 Å². The third-order valence-corrected chi connectivity index (χ3v) is 4.74. The number of nitrogens with zero attached hydrogens (tertiary/aromatic N) is 3. The van der Waals surface area contributed by atoms with E-state index in [1.807, 2.05) is 31.9 Å². The third-order valence-electron chi connectivity index (χ3n) is 3.68. The van der Waals surface area contributed by atoms with Crippen LogP contribution in [0.3, 0.4) is 0 Å². The van der Waals surface area contributed by atoms with Crippen molar-refractivity contribution in [1.82, 2.24) is 19.9 Å². The number of imidazole rings is 1. The maximum atomic E-state index is 12.5. The molecule has 1 aliphatic heterocycles. The van der Waals surface area contributed by atoms with E-state index in [9.17, 15) is 4.79 Å². The van der Waals surface area contributed by atoms with E-state index in [1.165, 1.54) is 11.3 Å². The minimum atomic E-state index is 0.110. The van der Waals surface area contributed by atoms with Crippen LogP contribution in [0.4, 0.5) is 0 Å². The number of carbonyl (C=O) groups excluding carboxylic acids is 1. The minimum absolute atomic E-state index is 0.110. The first kappa shape index (κ1) is 13.3. The average molecular weight is 290 g/mol. The Labute approximate surface area is 122 Å². The molecule has 1 unspecified atom stereocenters. The van der Waals surface area contributed by atoms with Gasteiger partial charge in [0.25, 0.3) is 5.91 Å². The first-order valence-electron chi connectivity index (χ1n) is 6.79. The van der Waals surface area contributed by atoms with Gasteiger partial charge in [0, 0.05) is 30.9 Å². The van der Waals surface area contributed by atoms with Gasteiger partial charge in [0.1, 0.15) is 10.7 Å². The normalized spacial score (nSPS) is 18.8. The molecule has 2 aromatic rings. The van der Waals surface area contributed by atoms with E-state index in [1.54, 1.807) is 0 Å². The number of rotatable bonds is 2. The van der Waals surface area contributed by atoms with Crippen molar-refractivity contribution < 1.29 is 4.79 Å². The molecule has 2 aromatic heterocycles. The molecule has 1 N–H and O–H groups in total. The largest absolute Gasteiger partial charge is 0.346 e. The van der Waals surface area contributed by atoms with E-state index in [-0.39, 0.29) is 5.91 Å². The number of hydrogen-bond acceptors (Lipinski definition) is 4. The number of thiazole rings is 1. The number of nitrogens with one attached hydrogen (secondary N) is 1. The number of aromatic amines is 1. The van der Waals surface area contributed by atoms with Gasteiger partial charge in [0.15, 0.2) is 0 Å². The molecule has 1 aliphatic rings. The summed E-state index contributed by atoms with van der Waals surface area (Å²) in [5.41, 5.74) is 1.91. The van der Waals surface area contributed by atoms with Crippen molar-refractivity contribution in [2.75, 3.05) is 13.1 Å². The van der Waals surface area contributed by atoms with Crippen molar-refractivity contribution in [1.29, 1.82) is 0 Å². The maximum absolute atomic E-state index is 12.5. The number of hydrogen-bond donors (Lipinski definition) is 1. The van der Waals surface area contributed by atoms with Crippen LogP contribution in [0.2, 0.25) is 0 Å². The smallest absolute Gasteiger partial charge is 0.265 e. The highest BCUT2D eigenvalue weighted by Crippen LogP contribution is 2.28. The third kappa shape index (κ3) is 2.35. The molecule has 106 valence electrons. The second-order valence-electron chi connectivity index (χ2n) is 5.34. The van der Waals surface area contributed by atoms with Gasteiger partial charge in [0.05, 0.1) is 10.7 Å². The molecule has 1 fully saturated rings. The molecular weight excluding hydrogens is 272 g/mol. The summed E-state index contributed by atoms with van der Waals surface area (Å²) in [7, 11) is 0. The summed E-state index contributed by atoms with van der Waals surface area (Å²) in [5, 5.41) is 0.947. The maximum Gasteiger partial charge on any atom is 0.265 e. The van der Waals surface area contributed by atoms with Gasteiger partial charge >= 0.3 is 0 Å². The zero-order chi connectivity index (χ0) is 14.3. The second-order valence-corrected chi connectivity index (χ2v) is 6.54. The van der Waals surface area contributed by atoms with Crippen LogP contribution in [0.5, 0.6) is 0 Å². The van der Waals surface area contributed by atoms with Gasteiger partial charge in [-0.3, -0.25) is 4.79 Å². The first-order valence-corrected chi connectivity index (χ1v) is 7.61. The molecule has 6 heteroatoms. The zero-order valence-electron chi connectivity index (χ0n) is 11.9. The molecule has 3 heterocycles. The topological polar surface area (TPSA) is 61.9 Å². The number of aryl methyl sites for hydroxylation is 3. The van der Waals surface area contributed by atoms with Crippen molar-refractivity contribution in [2.24, 2.45) is 0 Å². The van der Waals surface area contributed by atoms with Crippen molar-refractivity contribution in [3.05, 3.63) is 33.3 Å². The van der Waals surface area contributed by atoms with Gasteiger partial charge in [-0.25, -0.2) is 9.97 Å². The Morgan fingerprint density at radius 2 is 2.25 bits per heavy atom. The molecule has 0 aliphatic carbocycles. The van der Waals surface area contributed by atoms with Crippen LogP contribution in [-0.2, 0) is 0 Å². The lowest BCUT2D eigenvalue weighted by molar-refractivity contribution is 0.0794. The molecule has 0 bridgehead atoms. The van der Waals surface area contributed by atoms with Crippen LogP contribution < -0.4 is 0 Å². The summed E-state index contributed by atoms with van der Waals surface area (Å²) >= 11 is 1.48. The minimum Gasteiger partial charge on any atom is -0.346 e. The van der Waals surface area contributed by atoms with Gasteiger partial charge in [-0.05, 0) is 27.2 Å². The Balaban J connectivity index is 1.74. The summed E-state index contributed by atoms with van der Waals surface area (Å²) in [6.07, 6.45) is 2.81. The van der Waals surface area contributed by atoms with Crippen LogP contribution in [-0.4, -0.2) is 38.8 Å². The second kappa shape index (κ2) is 5.01. The Kier molecular flexibility index (Phi) is 3.33. The molecule has 0 spiro atoms. The van der Waals surface area contributed by atoms with E-state index in [2.05, 4.69) is 15.0 Å². The van der Waals surface area contributed by atoms with Crippen LogP contribution >= 0.6 is 11.3 Å². The SMILES string of the molecule is Cc1cnc(C2CCN(C(=O)c3sc(C)nc3C)C2)[nH]1. The highest BCUT2D eigenvalue weighted by atomic mass is 32.1. The van der Waals surface area contributed by atoms with Crippen molar-refractivity contribution >= 4 is 17.2 Å². The highest BCUT2D eigenvalue weighted by Gasteiger charge is 2.31. The fourth-order valence-corrected chi connectivity index (χ4v) is 3.57. The fraction of sp³-hybridized carbons (Fsp3) is 0.500. The highest BCUT2D eigenvalue weighted by molar-refractivity contribution is 7.13. The van der Waals surface area contributed by atoms with Gasteiger partial charge in [-0.1, -0.05) is 0 Å². The summed E-state index contributed by atoms with van der Waals surface area (Å²) in [4.78, 5) is 27.2. The molecule has 0 saturated carbocycles. The lowest BCUT2D eigenvalue weighted by Crippen LogP contribution is -2.28. The summed E-state index contributed by atoms with van der Waals surface area (Å²) in [5.74, 6) is 1.43. The Morgan fingerprint density at radius 1 is 1.45 bits per heavy atom. The quantitative estimate of drug-likeness (QED) is 0.924. The van der Waals surface area contributed by atoms with E-state index >= 15 is 0 Å². The summed E-state index contributed by atoms with van der Waals surface area (Å²) < 4.78 is 0. The molecular formula is C14H18N4OS. The fourth-order valence-electron chi connectivity index (χ4n) is 2.68. The van der Waals surface area contributed by atoms with Crippen LogP contribution in [0.1, 0.15) is 44.2 Å². The van der Waals surface area contributed by atoms with Crippen molar-refractivity contribution in [2.45, 2.75) is 33.1 Å². The number of likely N-dealkylation sites (tertiary alicyclic amines) is 1. The lowest BCUT2D eigenvalue weighted by atomic mass is 10.1. The number of H-pyrrole nitrogens is 1. The van der Waals surface area contributed by atoms with E-state index < -0.39 is 0 Å². The lowest BCUT2D eigenvalue weighted by Gasteiger charge is -2.15. The number of carbonyl (C=O) groups is 1. The molecule has 1 amide bonds. The predicted molar refractivity (Wildman–Crippen MR) is 78.2 cm³/mol. The van der Waals surface area contributed by atoms with Gasteiger partial charge in [-0.2, -0.15) is 0 Å². The summed E-state index contributed by atoms with van der Waals surface area (Å²) in [6.45, 7) is 7.37. The van der Waals surface area contributed by atoms with E-state index in [0.29, 0.717) is 5.92 Å². The average Bonchev–Trinajstić information content (AvgIpc) is 3.08. The predicted octanol–water partition coefficient (Wildman–Crippen LogP) is 2.42. The molecule has 5 nitrogen and oxygen atoms in total.